The van der Waals surface area contributed by atoms with Gasteiger partial charge in [0, 0.05) is 24.5 Å². The molecule has 0 atom stereocenters. The van der Waals surface area contributed by atoms with Gasteiger partial charge in [0.05, 0.1) is 6.42 Å². The topological polar surface area (TPSA) is 95.2 Å². The highest BCUT2D eigenvalue weighted by atomic mass is 16.2. The summed E-state index contributed by atoms with van der Waals surface area (Å²) in [6, 6.07) is 7.85. The highest BCUT2D eigenvalue weighted by Gasteiger charge is 2.24. The van der Waals surface area contributed by atoms with Crippen LogP contribution in [0.3, 0.4) is 0 Å². The maximum atomic E-state index is 12.0. The monoisotopic (exact) mass is 284 g/mol. The van der Waals surface area contributed by atoms with Crippen LogP contribution in [0.5, 0.6) is 0 Å². The van der Waals surface area contributed by atoms with Gasteiger partial charge in [0.25, 0.3) is 11.5 Å². The fourth-order valence-electron chi connectivity index (χ4n) is 2.21. The number of aromatic nitrogens is 2. The third-order valence-corrected chi connectivity index (χ3v) is 3.33. The van der Waals surface area contributed by atoms with Crippen molar-refractivity contribution in [3.63, 3.8) is 0 Å². The van der Waals surface area contributed by atoms with Gasteiger partial charge in [0.15, 0.2) is 0 Å². The highest BCUT2D eigenvalue weighted by Crippen LogP contribution is 2.29. The Morgan fingerprint density at radius 3 is 2.81 bits per heavy atom. The molecule has 2 amide bonds. The number of H-pyrrole nitrogens is 1. The Morgan fingerprint density at radius 1 is 1.29 bits per heavy atom. The van der Waals surface area contributed by atoms with Gasteiger partial charge < -0.3 is 10.2 Å². The van der Waals surface area contributed by atoms with E-state index in [4.69, 9.17) is 0 Å². The Morgan fingerprint density at radius 2 is 2.10 bits per heavy atom. The minimum Gasteiger partial charge on any atom is -0.321 e. The number of nitrogens with zero attached hydrogens (tertiary/aromatic N) is 2. The molecule has 0 saturated carbocycles. The molecular weight excluding hydrogens is 272 g/mol. The molecule has 2 N–H and O–H groups in total. The first-order chi connectivity index (χ1) is 10.0. The molecule has 1 aromatic heterocycles. The molecule has 0 fully saturated rings. The summed E-state index contributed by atoms with van der Waals surface area (Å²) in [5.41, 5.74) is 2.04. The molecule has 1 aromatic carbocycles. The molecule has 106 valence electrons. The Balaban J connectivity index is 1.82. The van der Waals surface area contributed by atoms with E-state index < -0.39 is 5.91 Å². The minimum atomic E-state index is -0.427. The summed E-state index contributed by atoms with van der Waals surface area (Å²) in [6.45, 7) is 0. The molecule has 0 spiro atoms. The van der Waals surface area contributed by atoms with E-state index in [1.54, 1.807) is 30.1 Å². The lowest BCUT2D eigenvalue weighted by molar-refractivity contribution is -0.117. The Hall–Kier alpha value is -2.96. The lowest BCUT2D eigenvalue weighted by Gasteiger charge is -2.11. The molecule has 2 heterocycles. The van der Waals surface area contributed by atoms with Crippen LogP contribution in [0.15, 0.2) is 35.1 Å². The zero-order chi connectivity index (χ0) is 15.0. The van der Waals surface area contributed by atoms with Crippen molar-refractivity contribution in [3.8, 4) is 0 Å². The number of amides is 2. The largest absolute Gasteiger partial charge is 0.321 e. The van der Waals surface area contributed by atoms with Gasteiger partial charge in [0.1, 0.15) is 5.69 Å². The molecule has 1 aliphatic rings. The second-order valence-corrected chi connectivity index (χ2v) is 4.73. The van der Waals surface area contributed by atoms with E-state index in [0.717, 1.165) is 11.3 Å². The zero-order valence-electron chi connectivity index (χ0n) is 11.2. The predicted molar refractivity (Wildman–Crippen MR) is 76.4 cm³/mol. The van der Waals surface area contributed by atoms with Crippen molar-refractivity contribution in [2.24, 2.45) is 0 Å². The number of hydrogen-bond acceptors (Lipinski definition) is 4. The van der Waals surface area contributed by atoms with Crippen molar-refractivity contribution in [3.05, 3.63) is 51.9 Å². The quantitative estimate of drug-likeness (QED) is 0.841. The van der Waals surface area contributed by atoms with Crippen LogP contribution >= 0.6 is 0 Å². The number of benzene rings is 1. The third-order valence-electron chi connectivity index (χ3n) is 3.33. The summed E-state index contributed by atoms with van der Waals surface area (Å²) in [5, 5.41) is 8.54. The molecule has 1 aliphatic heterocycles. The van der Waals surface area contributed by atoms with Crippen molar-refractivity contribution < 1.29 is 9.59 Å². The van der Waals surface area contributed by atoms with Gasteiger partial charge in [-0.15, -0.1) is 0 Å². The van der Waals surface area contributed by atoms with Crippen molar-refractivity contribution in [1.29, 1.82) is 0 Å². The van der Waals surface area contributed by atoms with Crippen LogP contribution in [-0.4, -0.2) is 29.1 Å². The number of anilines is 2. The molecular formula is C14H12N4O3. The first kappa shape index (κ1) is 13.0. The average Bonchev–Trinajstić information content (AvgIpc) is 2.74. The lowest BCUT2D eigenvalue weighted by atomic mass is 10.1. The normalized spacial score (nSPS) is 13.2. The highest BCUT2D eigenvalue weighted by molar-refractivity contribution is 6.04. The van der Waals surface area contributed by atoms with E-state index in [2.05, 4.69) is 15.5 Å². The predicted octanol–water partition coefficient (Wildman–Crippen LogP) is 0.541. The van der Waals surface area contributed by atoms with E-state index in [0.29, 0.717) is 12.1 Å². The summed E-state index contributed by atoms with van der Waals surface area (Å²) in [4.78, 5) is 36.1. The zero-order valence-corrected chi connectivity index (χ0v) is 11.2. The Labute approximate surface area is 119 Å². The molecule has 0 aliphatic carbocycles. The van der Waals surface area contributed by atoms with Gasteiger partial charge in [-0.2, -0.15) is 5.10 Å². The molecule has 0 radical (unpaired) electrons. The third kappa shape index (κ3) is 2.40. The summed E-state index contributed by atoms with van der Waals surface area (Å²) >= 11 is 0. The number of rotatable bonds is 2. The summed E-state index contributed by atoms with van der Waals surface area (Å²) < 4.78 is 0. The minimum absolute atomic E-state index is 0.0239. The van der Waals surface area contributed by atoms with Crippen molar-refractivity contribution in [1.82, 2.24) is 10.2 Å². The van der Waals surface area contributed by atoms with Crippen LogP contribution in [0.25, 0.3) is 0 Å². The van der Waals surface area contributed by atoms with Crippen LogP contribution in [0.4, 0.5) is 11.4 Å². The molecule has 0 saturated heterocycles. The van der Waals surface area contributed by atoms with E-state index >= 15 is 0 Å². The van der Waals surface area contributed by atoms with Gasteiger partial charge in [-0.05, 0) is 29.8 Å². The Kier molecular flexibility index (Phi) is 3.02. The van der Waals surface area contributed by atoms with Crippen LogP contribution in [0.1, 0.15) is 16.1 Å². The van der Waals surface area contributed by atoms with E-state index in [-0.39, 0.29) is 17.2 Å². The van der Waals surface area contributed by atoms with Crippen LogP contribution < -0.4 is 15.8 Å². The second-order valence-electron chi connectivity index (χ2n) is 4.73. The van der Waals surface area contributed by atoms with Gasteiger partial charge in [-0.25, -0.2) is 5.10 Å². The molecule has 21 heavy (non-hydrogen) atoms. The fraction of sp³-hybridized carbons (Fsp3) is 0.143. The van der Waals surface area contributed by atoms with Crippen LogP contribution in [0, 0.1) is 0 Å². The average molecular weight is 284 g/mol. The van der Waals surface area contributed by atoms with Gasteiger partial charge in [-0.3, -0.25) is 14.4 Å². The molecule has 2 aromatic rings. The lowest BCUT2D eigenvalue weighted by Crippen LogP contribution is -2.20. The first-order valence-corrected chi connectivity index (χ1v) is 6.31. The standard InChI is InChI=1S/C14H12N4O3/c1-18-11-4-2-9(6-8(11)7-13(18)20)15-14(21)10-3-5-12(19)17-16-10/h2-6H,7H2,1H3,(H,15,21)(H,17,19). The molecule has 3 rings (SSSR count). The van der Waals surface area contributed by atoms with E-state index in [1.165, 1.54) is 12.1 Å². The van der Waals surface area contributed by atoms with Crippen LogP contribution in [0.2, 0.25) is 0 Å². The summed E-state index contributed by atoms with van der Waals surface area (Å²) in [7, 11) is 1.72. The number of likely N-dealkylation sites (N-methyl/N-ethyl adjacent to an activating group) is 1. The smallest absolute Gasteiger partial charge is 0.276 e. The van der Waals surface area contributed by atoms with Crippen molar-refractivity contribution >= 4 is 23.2 Å². The van der Waals surface area contributed by atoms with Gasteiger partial charge >= 0.3 is 0 Å². The number of fused-ring (bicyclic) bond motifs is 1. The van der Waals surface area contributed by atoms with Gasteiger partial charge in [0.2, 0.25) is 5.91 Å². The van der Waals surface area contributed by atoms with Crippen molar-refractivity contribution in [2.45, 2.75) is 6.42 Å². The van der Waals surface area contributed by atoms with E-state index in [9.17, 15) is 14.4 Å². The molecule has 0 bridgehead atoms. The van der Waals surface area contributed by atoms with Gasteiger partial charge in [-0.1, -0.05) is 0 Å². The summed E-state index contributed by atoms with van der Waals surface area (Å²) in [5.74, 6) is -0.403. The molecule has 7 heteroatoms. The maximum Gasteiger partial charge on any atom is 0.276 e. The second kappa shape index (κ2) is 4.86. The fourth-order valence-corrected chi connectivity index (χ4v) is 2.21. The number of hydrogen-bond donors (Lipinski definition) is 2. The number of carbonyl (C=O) groups excluding carboxylic acids is 2. The maximum absolute atomic E-state index is 12.0. The summed E-state index contributed by atoms with van der Waals surface area (Å²) in [6.07, 6.45) is 0.326. The Bertz CT molecular complexity index is 777. The first-order valence-electron chi connectivity index (χ1n) is 6.31. The number of nitrogens with one attached hydrogen (secondary N) is 2. The van der Waals surface area contributed by atoms with Crippen molar-refractivity contribution in [2.75, 3.05) is 17.3 Å². The van der Waals surface area contributed by atoms with Crippen LogP contribution in [-0.2, 0) is 11.2 Å². The molecule has 0 unspecified atom stereocenters. The number of carbonyl (C=O) groups is 2. The number of aromatic amines is 1. The SMILES string of the molecule is CN1C(=O)Cc2cc(NC(=O)c3ccc(=O)[nH]n3)ccc21. The van der Waals surface area contributed by atoms with E-state index in [1.807, 2.05) is 0 Å². The molecule has 7 nitrogen and oxygen atoms in total.